The lowest BCUT2D eigenvalue weighted by molar-refractivity contribution is -0.130. The normalized spacial score (nSPS) is 15.6. The minimum Gasteiger partial charge on any atom is -0.358 e. The third kappa shape index (κ3) is 4.88. The molecule has 0 saturated carbocycles. The smallest absolute Gasteiger partial charge is 0.227 e. The average Bonchev–Trinajstić information content (AvgIpc) is 2.90. The number of hydrogen-bond donors (Lipinski definition) is 1. The summed E-state index contributed by atoms with van der Waals surface area (Å²) in [5.74, 6) is 0.254. The molecule has 0 aliphatic carbocycles. The largest absolute Gasteiger partial charge is 0.358 e. The zero-order valence-corrected chi connectivity index (χ0v) is 17.4. The Morgan fingerprint density at radius 3 is 2.62 bits per heavy atom. The SMILES string of the molecule is Cc1[nH]c2ccccc2c1CC(=O)N1CCCN(CCCc2ccccc2)CC1. The molecular weight excluding hydrogens is 358 g/mol. The van der Waals surface area contributed by atoms with E-state index in [1.165, 1.54) is 17.4 Å². The topological polar surface area (TPSA) is 39.3 Å². The maximum Gasteiger partial charge on any atom is 0.227 e. The number of hydrogen-bond acceptors (Lipinski definition) is 2. The summed E-state index contributed by atoms with van der Waals surface area (Å²) in [5.41, 5.74) is 4.79. The van der Waals surface area contributed by atoms with Crippen molar-refractivity contribution in [2.24, 2.45) is 0 Å². The summed E-state index contributed by atoms with van der Waals surface area (Å²) in [5, 5.41) is 1.18. The summed E-state index contributed by atoms with van der Waals surface area (Å²) in [7, 11) is 0. The molecule has 3 aromatic rings. The number of carbonyl (C=O) groups is 1. The van der Waals surface area contributed by atoms with Crippen LogP contribution < -0.4 is 0 Å². The van der Waals surface area contributed by atoms with E-state index >= 15 is 0 Å². The molecule has 4 nitrogen and oxygen atoms in total. The van der Waals surface area contributed by atoms with E-state index < -0.39 is 0 Å². The van der Waals surface area contributed by atoms with Gasteiger partial charge in [0.15, 0.2) is 0 Å². The second-order valence-electron chi connectivity index (χ2n) is 8.12. The molecular formula is C25H31N3O. The standard InChI is InChI=1S/C25H31N3O/c1-20-23(22-12-5-6-13-24(22)26-20)19-25(29)28-16-8-15-27(17-18-28)14-7-11-21-9-3-2-4-10-21/h2-6,9-10,12-13,26H,7-8,11,14-19H2,1H3. The predicted octanol–water partition coefficient (Wildman–Crippen LogP) is 4.19. The number of nitrogens with one attached hydrogen (secondary N) is 1. The van der Waals surface area contributed by atoms with Crippen LogP contribution in [0.5, 0.6) is 0 Å². The lowest BCUT2D eigenvalue weighted by atomic mass is 10.1. The number of aromatic nitrogens is 1. The van der Waals surface area contributed by atoms with E-state index in [0.29, 0.717) is 6.42 Å². The van der Waals surface area contributed by atoms with Gasteiger partial charge in [0.1, 0.15) is 0 Å². The second-order valence-corrected chi connectivity index (χ2v) is 8.12. The predicted molar refractivity (Wildman–Crippen MR) is 119 cm³/mol. The first-order valence-corrected chi connectivity index (χ1v) is 10.8. The van der Waals surface area contributed by atoms with Crippen LogP contribution in [0.2, 0.25) is 0 Å². The quantitative estimate of drug-likeness (QED) is 0.687. The lowest BCUT2D eigenvalue weighted by Crippen LogP contribution is -2.36. The van der Waals surface area contributed by atoms with Gasteiger partial charge >= 0.3 is 0 Å². The van der Waals surface area contributed by atoms with E-state index in [1.54, 1.807) is 0 Å². The minimum absolute atomic E-state index is 0.254. The molecule has 1 fully saturated rings. The third-order valence-electron chi connectivity index (χ3n) is 6.08. The highest BCUT2D eigenvalue weighted by atomic mass is 16.2. The first kappa shape index (κ1) is 19.7. The highest BCUT2D eigenvalue weighted by Crippen LogP contribution is 2.23. The van der Waals surface area contributed by atoms with Crippen molar-refractivity contribution >= 4 is 16.8 Å². The molecule has 0 bridgehead atoms. The van der Waals surface area contributed by atoms with Crippen LogP contribution in [0.25, 0.3) is 10.9 Å². The van der Waals surface area contributed by atoms with E-state index in [1.807, 2.05) is 12.1 Å². The lowest BCUT2D eigenvalue weighted by Gasteiger charge is -2.22. The summed E-state index contributed by atoms with van der Waals surface area (Å²) >= 11 is 0. The van der Waals surface area contributed by atoms with Gasteiger partial charge in [-0.05, 0) is 56.5 Å². The Bertz CT molecular complexity index is 947. The van der Waals surface area contributed by atoms with Gasteiger partial charge in [-0.25, -0.2) is 0 Å². The van der Waals surface area contributed by atoms with Crippen molar-refractivity contribution in [3.05, 3.63) is 71.4 Å². The van der Waals surface area contributed by atoms with Crippen molar-refractivity contribution in [1.82, 2.24) is 14.8 Å². The molecule has 2 heterocycles. The Hall–Kier alpha value is -2.59. The maximum atomic E-state index is 13.0. The number of carbonyl (C=O) groups excluding carboxylic acids is 1. The molecule has 0 atom stereocenters. The van der Waals surface area contributed by atoms with Gasteiger partial charge in [-0.1, -0.05) is 48.5 Å². The van der Waals surface area contributed by atoms with Crippen LogP contribution >= 0.6 is 0 Å². The van der Waals surface area contributed by atoms with Crippen LogP contribution in [0.15, 0.2) is 54.6 Å². The molecule has 4 rings (SSSR count). The molecule has 2 aromatic carbocycles. The molecule has 1 aromatic heterocycles. The molecule has 29 heavy (non-hydrogen) atoms. The minimum atomic E-state index is 0.254. The van der Waals surface area contributed by atoms with Crippen molar-refractivity contribution in [2.75, 3.05) is 32.7 Å². The van der Waals surface area contributed by atoms with Gasteiger partial charge in [-0.15, -0.1) is 0 Å². The van der Waals surface area contributed by atoms with E-state index in [-0.39, 0.29) is 5.91 Å². The Labute approximate surface area is 173 Å². The van der Waals surface area contributed by atoms with E-state index in [9.17, 15) is 4.79 Å². The zero-order valence-electron chi connectivity index (χ0n) is 17.4. The zero-order chi connectivity index (χ0) is 20.1. The van der Waals surface area contributed by atoms with Gasteiger partial charge in [0, 0.05) is 36.2 Å². The van der Waals surface area contributed by atoms with Gasteiger partial charge in [0.25, 0.3) is 0 Å². The fourth-order valence-corrected chi connectivity index (χ4v) is 4.42. The summed E-state index contributed by atoms with van der Waals surface area (Å²) in [6.45, 7) is 6.96. The highest BCUT2D eigenvalue weighted by Gasteiger charge is 2.21. The molecule has 1 amide bonds. The number of aromatic amines is 1. The molecule has 1 aliphatic heterocycles. The Kier molecular flexibility index (Phi) is 6.30. The van der Waals surface area contributed by atoms with E-state index in [0.717, 1.165) is 62.3 Å². The van der Waals surface area contributed by atoms with Crippen LogP contribution in [0.3, 0.4) is 0 Å². The Morgan fingerprint density at radius 2 is 1.76 bits per heavy atom. The number of H-pyrrole nitrogens is 1. The third-order valence-corrected chi connectivity index (χ3v) is 6.08. The summed E-state index contributed by atoms with van der Waals surface area (Å²) in [4.78, 5) is 21.0. The molecule has 0 spiro atoms. The van der Waals surface area contributed by atoms with Gasteiger partial charge in [0.05, 0.1) is 6.42 Å². The van der Waals surface area contributed by atoms with Crippen LogP contribution in [-0.2, 0) is 17.6 Å². The van der Waals surface area contributed by atoms with Gasteiger partial charge in [0.2, 0.25) is 5.91 Å². The van der Waals surface area contributed by atoms with Gasteiger partial charge in [-0.2, -0.15) is 0 Å². The number of fused-ring (bicyclic) bond motifs is 1. The van der Waals surface area contributed by atoms with Crippen LogP contribution in [0.4, 0.5) is 0 Å². The van der Waals surface area contributed by atoms with Gasteiger partial charge < -0.3 is 14.8 Å². The number of aryl methyl sites for hydroxylation is 2. The molecule has 0 unspecified atom stereocenters. The maximum absolute atomic E-state index is 13.0. The van der Waals surface area contributed by atoms with Crippen LogP contribution in [0.1, 0.15) is 29.7 Å². The molecule has 1 aliphatic rings. The average molecular weight is 390 g/mol. The van der Waals surface area contributed by atoms with Crippen molar-refractivity contribution in [3.63, 3.8) is 0 Å². The summed E-state index contributed by atoms with van der Waals surface area (Å²) < 4.78 is 0. The van der Waals surface area contributed by atoms with E-state index in [2.05, 4.69) is 64.2 Å². The first-order chi connectivity index (χ1) is 14.2. The molecule has 152 valence electrons. The molecule has 1 saturated heterocycles. The molecule has 4 heteroatoms. The number of para-hydroxylation sites is 1. The first-order valence-electron chi connectivity index (χ1n) is 10.8. The number of amides is 1. The Morgan fingerprint density at radius 1 is 0.966 bits per heavy atom. The number of nitrogens with zero attached hydrogens (tertiary/aromatic N) is 2. The van der Waals surface area contributed by atoms with E-state index in [4.69, 9.17) is 0 Å². The second kappa shape index (κ2) is 9.27. The van der Waals surface area contributed by atoms with Crippen molar-refractivity contribution in [1.29, 1.82) is 0 Å². The van der Waals surface area contributed by atoms with Crippen LogP contribution in [0, 0.1) is 6.92 Å². The number of rotatable bonds is 6. The molecule has 0 radical (unpaired) electrons. The summed E-state index contributed by atoms with van der Waals surface area (Å²) in [6.07, 6.45) is 3.85. The van der Waals surface area contributed by atoms with Crippen molar-refractivity contribution in [3.8, 4) is 0 Å². The van der Waals surface area contributed by atoms with Crippen LogP contribution in [-0.4, -0.2) is 53.4 Å². The summed E-state index contributed by atoms with van der Waals surface area (Å²) in [6, 6.07) is 19.0. The number of benzene rings is 2. The molecule has 1 N–H and O–H groups in total. The fourth-order valence-electron chi connectivity index (χ4n) is 4.42. The highest BCUT2D eigenvalue weighted by molar-refractivity contribution is 5.90. The van der Waals surface area contributed by atoms with Crippen molar-refractivity contribution in [2.45, 2.75) is 32.6 Å². The van der Waals surface area contributed by atoms with Crippen molar-refractivity contribution < 1.29 is 4.79 Å². The Balaban J connectivity index is 1.30. The van der Waals surface area contributed by atoms with Gasteiger partial charge in [-0.3, -0.25) is 4.79 Å². The monoisotopic (exact) mass is 389 g/mol. The fraction of sp³-hybridized carbons (Fsp3) is 0.400.